The molecule has 224 valence electrons. The molecule has 0 atom stereocenters. The van der Waals surface area contributed by atoms with Gasteiger partial charge >= 0.3 is 19.5 Å². The second-order valence-electron chi connectivity index (χ2n) is 11.0. The molecule has 0 unspecified atom stereocenters. The van der Waals surface area contributed by atoms with Crippen molar-refractivity contribution in [3.8, 4) is 0 Å². The molecule has 4 heterocycles. The van der Waals surface area contributed by atoms with Crippen LogP contribution in [-0.4, -0.2) is 24.6 Å². The van der Waals surface area contributed by atoms with Crippen LogP contribution in [0.25, 0.3) is 17.5 Å². The zero-order valence-corrected chi connectivity index (χ0v) is 30.7. The van der Waals surface area contributed by atoms with Gasteiger partial charge in [-0.2, -0.15) is 0 Å². The molecule has 0 spiro atoms. The number of rotatable bonds is 11. The van der Waals surface area contributed by atoms with Crippen molar-refractivity contribution in [2.24, 2.45) is 9.98 Å². The largest absolute Gasteiger partial charge is 2.00 e. The van der Waals surface area contributed by atoms with Gasteiger partial charge in [0.05, 0.1) is 30.1 Å². The third kappa shape index (κ3) is 6.72. The van der Waals surface area contributed by atoms with Gasteiger partial charge in [0.1, 0.15) is 0 Å². The molecule has 7 heteroatoms. The Kier molecular flexibility index (Phi) is 12.1. The van der Waals surface area contributed by atoms with Crippen LogP contribution in [0.1, 0.15) is 116 Å². The van der Waals surface area contributed by atoms with Gasteiger partial charge in [0.2, 0.25) is 5.90 Å². The second kappa shape index (κ2) is 15.1. The summed E-state index contributed by atoms with van der Waals surface area (Å²) in [4.78, 5) is 27.7. The van der Waals surface area contributed by atoms with E-state index in [1.807, 2.05) is 6.08 Å². The molecule has 0 N–H and O–H groups in total. The number of allylic oxidation sites excluding steroid dienone is 5. The van der Waals surface area contributed by atoms with Crippen molar-refractivity contribution in [3.05, 3.63) is 84.4 Å². The standard InChI is InChI=1S/C36H47N4O2.Zn/c1-10-16-27-25(14-5)33(39-35(27)41)18-29-21(7)23(12-3)31(37-29)20-32-24(13-4)22(8)30(38-32)19-34-26(15-6)28(17-11-2)36(40-34)42-9;/h18-20H,10-17H2,1-9H3,(H-,37,38,39,40,41);/q-1;+2/p-1. The van der Waals surface area contributed by atoms with Crippen LogP contribution >= 0.6 is 0 Å². The summed E-state index contributed by atoms with van der Waals surface area (Å²) in [7, 11) is 1.70. The van der Waals surface area contributed by atoms with Crippen LogP contribution < -0.4 is 4.98 Å². The number of carbonyl (C=O) groups is 1. The van der Waals surface area contributed by atoms with Crippen molar-refractivity contribution in [3.63, 3.8) is 0 Å². The summed E-state index contributed by atoms with van der Waals surface area (Å²) in [5.74, 6) is 0.639. The van der Waals surface area contributed by atoms with Gasteiger partial charge in [-0.3, -0.25) is 0 Å². The average molecular weight is 632 g/mol. The fourth-order valence-corrected chi connectivity index (χ4v) is 6.32. The zero-order valence-electron chi connectivity index (χ0n) is 27.7. The van der Waals surface area contributed by atoms with Gasteiger partial charge in [0.15, 0.2) is 0 Å². The number of amides is 1. The summed E-state index contributed by atoms with van der Waals surface area (Å²) in [6.07, 6.45) is 13.4. The Morgan fingerprint density at radius 2 is 1.33 bits per heavy atom. The smallest absolute Gasteiger partial charge is 0.657 e. The summed E-state index contributed by atoms with van der Waals surface area (Å²) in [5.41, 5.74) is 14.6. The van der Waals surface area contributed by atoms with Crippen LogP contribution in [0.5, 0.6) is 0 Å². The first kappa shape index (κ1) is 34.4. The monoisotopic (exact) mass is 630 g/mol. The Labute approximate surface area is 271 Å². The summed E-state index contributed by atoms with van der Waals surface area (Å²) >= 11 is 0. The molecule has 0 bridgehead atoms. The number of hydrogen-bond donors (Lipinski definition) is 0. The minimum Gasteiger partial charge on any atom is -0.657 e. The van der Waals surface area contributed by atoms with Gasteiger partial charge in [-0.25, -0.2) is 9.98 Å². The van der Waals surface area contributed by atoms with E-state index in [0.29, 0.717) is 0 Å². The predicted octanol–water partition coefficient (Wildman–Crippen LogP) is 9.24. The van der Waals surface area contributed by atoms with Gasteiger partial charge in [-0.15, -0.1) is 17.1 Å². The van der Waals surface area contributed by atoms with Crippen LogP contribution in [0.15, 0.2) is 66.6 Å². The average Bonchev–Trinajstić information content (AvgIpc) is 3.66. The minimum absolute atomic E-state index is 0. The van der Waals surface area contributed by atoms with Crippen LogP contribution in [0.4, 0.5) is 0 Å². The quantitative estimate of drug-likeness (QED) is 0.228. The molecule has 0 saturated carbocycles. The van der Waals surface area contributed by atoms with Gasteiger partial charge in [-0.1, -0.05) is 89.3 Å². The number of methoxy groups -OCH3 is 1. The Morgan fingerprint density at radius 3 is 1.91 bits per heavy atom. The third-order valence-corrected chi connectivity index (χ3v) is 8.51. The molecular formula is C36H46N4O2Zn. The Bertz CT molecular complexity index is 1520. The molecule has 0 aliphatic carbocycles. The van der Waals surface area contributed by atoms with E-state index in [0.717, 1.165) is 108 Å². The van der Waals surface area contributed by atoms with Crippen molar-refractivity contribution < 1.29 is 29.0 Å². The van der Waals surface area contributed by atoms with Crippen LogP contribution in [0.2, 0.25) is 0 Å². The Hall–Kier alpha value is -3.05. The molecule has 3 aliphatic rings. The van der Waals surface area contributed by atoms with Gasteiger partial charge in [0, 0.05) is 5.57 Å². The molecule has 1 aromatic heterocycles. The number of aromatic nitrogens is 1. The minimum atomic E-state index is -0.0931. The SMILES string of the molecule is CCCC1=C(CC)/C(=C/c2[n-]c(/C=C3N=C(/C=C4\[N-]C(=O)C(CCC)=C4CC)C(C)=C\3CC)c(CC)c2C)N=C1OC.[Zn+2]. The molecule has 6 nitrogen and oxygen atoms in total. The summed E-state index contributed by atoms with van der Waals surface area (Å²) in [6.45, 7) is 17.2. The maximum absolute atomic E-state index is 12.6. The van der Waals surface area contributed by atoms with Crippen molar-refractivity contribution >= 4 is 29.7 Å². The molecule has 0 aromatic carbocycles. The van der Waals surface area contributed by atoms with E-state index in [9.17, 15) is 4.79 Å². The Morgan fingerprint density at radius 1 is 0.721 bits per heavy atom. The van der Waals surface area contributed by atoms with Crippen molar-refractivity contribution in [1.82, 2.24) is 4.98 Å². The molecular weight excluding hydrogens is 586 g/mol. The van der Waals surface area contributed by atoms with E-state index in [-0.39, 0.29) is 25.4 Å². The molecule has 0 radical (unpaired) electrons. The van der Waals surface area contributed by atoms with E-state index in [4.69, 9.17) is 19.7 Å². The fraction of sp³-hybridized carbons (Fsp3) is 0.472. The summed E-state index contributed by atoms with van der Waals surface area (Å²) < 4.78 is 5.64. The zero-order chi connectivity index (χ0) is 30.6. The van der Waals surface area contributed by atoms with E-state index < -0.39 is 0 Å². The molecule has 4 rings (SSSR count). The number of carbonyl (C=O) groups excluding carboxylic acids is 1. The maximum Gasteiger partial charge on any atom is 2.00 e. The van der Waals surface area contributed by atoms with Gasteiger partial charge < -0.3 is 19.8 Å². The topological polar surface area (TPSA) is 79.2 Å². The fourth-order valence-electron chi connectivity index (χ4n) is 6.32. The van der Waals surface area contributed by atoms with Crippen molar-refractivity contribution in [2.75, 3.05) is 7.11 Å². The normalized spacial score (nSPS) is 19.7. The van der Waals surface area contributed by atoms with E-state index in [1.54, 1.807) is 7.11 Å². The van der Waals surface area contributed by atoms with E-state index >= 15 is 0 Å². The van der Waals surface area contributed by atoms with Crippen LogP contribution in [-0.2, 0) is 35.4 Å². The molecule has 0 fully saturated rings. The molecule has 1 aromatic rings. The van der Waals surface area contributed by atoms with Crippen LogP contribution in [0.3, 0.4) is 0 Å². The van der Waals surface area contributed by atoms with Crippen molar-refractivity contribution in [2.45, 2.75) is 107 Å². The molecule has 43 heavy (non-hydrogen) atoms. The summed E-state index contributed by atoms with van der Waals surface area (Å²) in [6, 6.07) is 0. The van der Waals surface area contributed by atoms with Crippen molar-refractivity contribution in [1.29, 1.82) is 0 Å². The number of ether oxygens (including phenoxy) is 1. The molecule has 3 aliphatic heterocycles. The first-order valence-corrected chi connectivity index (χ1v) is 15.7. The third-order valence-electron chi connectivity index (χ3n) is 8.51. The Balaban J connectivity index is 0.00000506. The van der Waals surface area contributed by atoms with E-state index in [1.165, 1.54) is 27.8 Å². The summed E-state index contributed by atoms with van der Waals surface area (Å²) in [5, 5.41) is 4.41. The predicted molar refractivity (Wildman–Crippen MR) is 176 cm³/mol. The first-order valence-electron chi connectivity index (χ1n) is 15.7. The van der Waals surface area contributed by atoms with Gasteiger partial charge in [-0.05, 0) is 74.7 Å². The van der Waals surface area contributed by atoms with Crippen LogP contribution in [0, 0.1) is 6.92 Å². The number of hydrogen-bond acceptors (Lipinski definition) is 4. The number of nitrogens with zero attached hydrogens (tertiary/aromatic N) is 4. The molecule has 1 amide bonds. The van der Waals surface area contributed by atoms with Gasteiger partial charge in [0.25, 0.3) is 0 Å². The number of aliphatic imine (C=N–C) groups is 2. The molecule has 0 saturated heterocycles. The van der Waals surface area contributed by atoms with E-state index in [2.05, 4.69) is 72.9 Å². The second-order valence-corrected chi connectivity index (χ2v) is 11.0. The maximum atomic E-state index is 12.6. The first-order chi connectivity index (χ1) is 20.3.